The zero-order chi connectivity index (χ0) is 19.1. The molecule has 26 heavy (non-hydrogen) atoms. The number of hydrogen-bond donors (Lipinski definition) is 4. The molecule has 1 saturated carbocycles. The second kappa shape index (κ2) is 9.96. The lowest BCUT2D eigenvalue weighted by molar-refractivity contribution is -0.138. The van der Waals surface area contributed by atoms with Gasteiger partial charge in [0.2, 0.25) is 0 Å². The van der Waals surface area contributed by atoms with Gasteiger partial charge in [-0.1, -0.05) is 38.5 Å². The molecule has 6 nitrogen and oxygen atoms in total. The predicted octanol–water partition coefficient (Wildman–Crippen LogP) is 2.22. The van der Waals surface area contributed by atoms with Crippen molar-refractivity contribution < 1.29 is 25.0 Å². The summed E-state index contributed by atoms with van der Waals surface area (Å²) in [5.74, 6) is 5.83. The van der Waals surface area contributed by atoms with E-state index >= 15 is 0 Å². The van der Waals surface area contributed by atoms with Crippen LogP contribution in [-0.4, -0.2) is 40.1 Å². The lowest BCUT2D eigenvalue weighted by Crippen LogP contribution is -2.30. The van der Waals surface area contributed by atoms with Gasteiger partial charge >= 0.3 is 5.97 Å². The standard InChI is InChI=1S/C20H31NO5/c1-3-13(4-2)5-6-14(22)7-8-15-16-11-18(17(16)12-19(15)23)21-26-10-9-20(24)25/h13-16,19,21-23H,3-6,9-12H2,1-2H3,(H,24,25). The number of carboxylic acids is 1. The fourth-order valence-corrected chi connectivity index (χ4v) is 3.74. The third kappa shape index (κ3) is 5.47. The predicted molar refractivity (Wildman–Crippen MR) is 97.7 cm³/mol. The smallest absolute Gasteiger partial charge is 0.305 e. The van der Waals surface area contributed by atoms with Crippen molar-refractivity contribution in [1.29, 1.82) is 0 Å². The molecule has 0 aromatic heterocycles. The van der Waals surface area contributed by atoms with Gasteiger partial charge < -0.3 is 15.3 Å². The van der Waals surface area contributed by atoms with E-state index in [1.807, 2.05) is 0 Å². The Morgan fingerprint density at radius 1 is 1.31 bits per heavy atom. The Morgan fingerprint density at radius 2 is 2.04 bits per heavy atom. The molecule has 0 saturated heterocycles. The molecule has 2 rings (SSSR count). The molecular weight excluding hydrogens is 334 g/mol. The van der Waals surface area contributed by atoms with E-state index in [1.165, 1.54) is 0 Å². The minimum atomic E-state index is -0.898. The van der Waals surface area contributed by atoms with Crippen LogP contribution in [-0.2, 0) is 9.63 Å². The SMILES string of the molecule is CCC(CC)CCC(O)C#CC1C(O)CC2=C(NOCCC(=O)O)CC21. The molecule has 0 amide bonds. The van der Waals surface area contributed by atoms with Gasteiger partial charge in [0.05, 0.1) is 25.0 Å². The Balaban J connectivity index is 1.81. The van der Waals surface area contributed by atoms with Crippen LogP contribution in [0.4, 0.5) is 0 Å². The average molecular weight is 365 g/mol. The number of aliphatic carboxylic acids is 1. The number of allylic oxidation sites excluding steroid dienone is 1. The lowest BCUT2D eigenvalue weighted by atomic mass is 9.79. The van der Waals surface area contributed by atoms with Crippen LogP contribution in [0.25, 0.3) is 0 Å². The van der Waals surface area contributed by atoms with E-state index in [0.717, 1.165) is 37.0 Å². The van der Waals surface area contributed by atoms with Crippen LogP contribution in [0.5, 0.6) is 0 Å². The number of nitrogens with one attached hydrogen (secondary N) is 1. The molecule has 146 valence electrons. The van der Waals surface area contributed by atoms with E-state index in [0.29, 0.717) is 18.8 Å². The lowest BCUT2D eigenvalue weighted by Gasteiger charge is -2.30. The third-order valence-electron chi connectivity index (χ3n) is 5.57. The van der Waals surface area contributed by atoms with Crippen molar-refractivity contribution in [1.82, 2.24) is 5.48 Å². The summed E-state index contributed by atoms with van der Waals surface area (Å²) in [6, 6.07) is 0. The quantitative estimate of drug-likeness (QED) is 0.269. The third-order valence-corrected chi connectivity index (χ3v) is 5.57. The van der Waals surface area contributed by atoms with Gasteiger partial charge in [-0.05, 0) is 37.2 Å². The molecule has 4 unspecified atom stereocenters. The Bertz CT molecular complexity index is 572. The molecule has 0 aromatic rings. The van der Waals surface area contributed by atoms with Crippen LogP contribution in [0.2, 0.25) is 0 Å². The van der Waals surface area contributed by atoms with Gasteiger partial charge in [0.25, 0.3) is 0 Å². The van der Waals surface area contributed by atoms with Crippen molar-refractivity contribution in [2.75, 3.05) is 6.61 Å². The molecule has 0 radical (unpaired) electrons. The van der Waals surface area contributed by atoms with Crippen molar-refractivity contribution in [3.05, 3.63) is 11.3 Å². The normalized spacial score (nSPS) is 25.3. The van der Waals surface area contributed by atoms with E-state index in [-0.39, 0.29) is 24.9 Å². The molecule has 0 spiro atoms. The minimum absolute atomic E-state index is 0.0510. The van der Waals surface area contributed by atoms with Gasteiger partial charge in [-0.15, -0.1) is 0 Å². The fourth-order valence-electron chi connectivity index (χ4n) is 3.74. The zero-order valence-corrected chi connectivity index (χ0v) is 15.7. The van der Waals surface area contributed by atoms with E-state index < -0.39 is 18.2 Å². The summed E-state index contributed by atoms with van der Waals surface area (Å²) in [5.41, 5.74) is 4.84. The molecule has 0 heterocycles. The van der Waals surface area contributed by atoms with Crippen LogP contribution in [0.15, 0.2) is 11.3 Å². The van der Waals surface area contributed by atoms with Crippen LogP contribution in [0.3, 0.4) is 0 Å². The number of aliphatic hydroxyl groups is 2. The van der Waals surface area contributed by atoms with Crippen molar-refractivity contribution >= 4 is 5.97 Å². The first-order valence-electron chi connectivity index (χ1n) is 9.64. The largest absolute Gasteiger partial charge is 0.481 e. The second-order valence-electron chi connectivity index (χ2n) is 7.27. The van der Waals surface area contributed by atoms with Gasteiger partial charge in [-0.25, -0.2) is 0 Å². The number of hydroxylamine groups is 1. The zero-order valence-electron chi connectivity index (χ0n) is 15.7. The van der Waals surface area contributed by atoms with Crippen molar-refractivity contribution in [2.45, 2.75) is 71.0 Å². The number of carbonyl (C=O) groups is 1. The molecule has 2 aliphatic rings. The highest BCUT2D eigenvalue weighted by Gasteiger charge is 2.45. The first-order valence-corrected chi connectivity index (χ1v) is 9.64. The van der Waals surface area contributed by atoms with E-state index in [4.69, 9.17) is 9.94 Å². The van der Waals surface area contributed by atoms with Crippen LogP contribution < -0.4 is 5.48 Å². The Labute approximate surface area is 155 Å². The van der Waals surface area contributed by atoms with Crippen LogP contribution >= 0.6 is 0 Å². The number of rotatable bonds is 10. The van der Waals surface area contributed by atoms with Crippen LogP contribution in [0.1, 0.15) is 58.8 Å². The second-order valence-corrected chi connectivity index (χ2v) is 7.27. The van der Waals surface area contributed by atoms with Crippen molar-refractivity contribution in [2.24, 2.45) is 17.8 Å². The average Bonchev–Trinajstić information content (AvgIpc) is 2.84. The maximum absolute atomic E-state index is 10.5. The minimum Gasteiger partial charge on any atom is -0.481 e. The summed E-state index contributed by atoms with van der Waals surface area (Å²) in [7, 11) is 0. The molecule has 0 aromatic carbocycles. The van der Waals surface area contributed by atoms with Gasteiger partial charge in [-0.3, -0.25) is 15.1 Å². The maximum Gasteiger partial charge on any atom is 0.305 e. The molecular formula is C20H31NO5. The summed E-state index contributed by atoms with van der Waals surface area (Å²) >= 11 is 0. The van der Waals surface area contributed by atoms with Gasteiger partial charge in [0, 0.05) is 11.6 Å². The van der Waals surface area contributed by atoms with Crippen LogP contribution in [0, 0.1) is 29.6 Å². The highest BCUT2D eigenvalue weighted by molar-refractivity contribution is 5.66. The first kappa shape index (κ1) is 20.8. The highest BCUT2D eigenvalue weighted by atomic mass is 16.6. The summed E-state index contributed by atoms with van der Waals surface area (Å²) < 4.78 is 0. The van der Waals surface area contributed by atoms with Gasteiger partial charge in [0.1, 0.15) is 6.10 Å². The molecule has 6 heteroatoms. The number of aliphatic hydroxyl groups excluding tert-OH is 2. The fraction of sp³-hybridized carbons (Fsp3) is 0.750. The molecule has 4 N–H and O–H groups in total. The molecule has 2 aliphatic carbocycles. The monoisotopic (exact) mass is 365 g/mol. The number of carboxylic acid groups (broad SMARTS) is 1. The van der Waals surface area contributed by atoms with E-state index in [9.17, 15) is 15.0 Å². The van der Waals surface area contributed by atoms with Gasteiger partial charge in [-0.2, -0.15) is 0 Å². The first-order chi connectivity index (χ1) is 12.5. The van der Waals surface area contributed by atoms with Gasteiger partial charge in [0.15, 0.2) is 0 Å². The Hall–Kier alpha value is -1.55. The number of hydrogen-bond acceptors (Lipinski definition) is 5. The molecule has 0 aliphatic heterocycles. The topological polar surface area (TPSA) is 99.0 Å². The summed E-state index contributed by atoms with van der Waals surface area (Å²) in [6.45, 7) is 4.44. The highest BCUT2D eigenvalue weighted by Crippen LogP contribution is 2.48. The maximum atomic E-state index is 10.5. The van der Waals surface area contributed by atoms with Crippen molar-refractivity contribution in [3.8, 4) is 11.8 Å². The van der Waals surface area contributed by atoms with Crippen molar-refractivity contribution in [3.63, 3.8) is 0 Å². The molecule has 0 bridgehead atoms. The Morgan fingerprint density at radius 3 is 2.69 bits per heavy atom. The number of fused-ring (bicyclic) bond motifs is 1. The van der Waals surface area contributed by atoms with E-state index in [2.05, 4.69) is 31.2 Å². The molecule has 4 atom stereocenters. The Kier molecular flexibility index (Phi) is 7.95. The summed E-state index contributed by atoms with van der Waals surface area (Å²) in [6.07, 6.45) is 3.99. The summed E-state index contributed by atoms with van der Waals surface area (Å²) in [4.78, 5) is 15.6. The summed E-state index contributed by atoms with van der Waals surface area (Å²) in [5, 5.41) is 29.0. The molecule has 1 fully saturated rings. The van der Waals surface area contributed by atoms with E-state index in [1.54, 1.807) is 0 Å².